The topological polar surface area (TPSA) is 84.2 Å². The highest BCUT2D eigenvalue weighted by molar-refractivity contribution is 6.01. The van der Waals surface area contributed by atoms with Crippen LogP contribution in [0.3, 0.4) is 0 Å². The Morgan fingerprint density at radius 3 is 2.67 bits per heavy atom. The first-order chi connectivity index (χ1) is 9.93. The molecule has 0 aliphatic heterocycles. The number of nitrogens with zero attached hydrogens (tertiary/aromatic N) is 2. The van der Waals surface area contributed by atoms with E-state index in [-0.39, 0.29) is 24.1 Å². The SMILES string of the molecule is CCc1nc2cccc(C(=O)O)c2n1CC(=O)NC(C)C. The number of carboxylic acid groups (broad SMARTS) is 1. The molecule has 2 N–H and O–H groups in total. The van der Waals surface area contributed by atoms with E-state index in [1.807, 2.05) is 20.8 Å². The van der Waals surface area contributed by atoms with Gasteiger partial charge in [-0.2, -0.15) is 0 Å². The molecule has 0 unspecified atom stereocenters. The summed E-state index contributed by atoms with van der Waals surface area (Å²) in [6.07, 6.45) is 0.628. The van der Waals surface area contributed by atoms with Crippen LogP contribution in [0.1, 0.15) is 37.0 Å². The lowest BCUT2D eigenvalue weighted by Gasteiger charge is -2.12. The Bertz CT molecular complexity index is 689. The largest absolute Gasteiger partial charge is 0.478 e. The number of para-hydroxylation sites is 1. The molecule has 0 aliphatic carbocycles. The van der Waals surface area contributed by atoms with E-state index in [2.05, 4.69) is 10.3 Å². The summed E-state index contributed by atoms with van der Waals surface area (Å²) in [4.78, 5) is 27.8. The lowest BCUT2D eigenvalue weighted by Crippen LogP contribution is -2.33. The van der Waals surface area contributed by atoms with Gasteiger partial charge in [-0.1, -0.05) is 13.0 Å². The maximum absolute atomic E-state index is 12.0. The molecule has 1 amide bonds. The lowest BCUT2D eigenvalue weighted by atomic mass is 10.2. The van der Waals surface area contributed by atoms with E-state index in [9.17, 15) is 14.7 Å². The van der Waals surface area contributed by atoms with Crippen molar-refractivity contribution in [3.8, 4) is 0 Å². The fourth-order valence-electron chi connectivity index (χ4n) is 2.36. The van der Waals surface area contributed by atoms with Crippen LogP contribution < -0.4 is 5.32 Å². The van der Waals surface area contributed by atoms with Crippen molar-refractivity contribution in [3.05, 3.63) is 29.6 Å². The molecule has 2 rings (SSSR count). The number of carboxylic acids is 1. The van der Waals surface area contributed by atoms with Crippen LogP contribution in [0.2, 0.25) is 0 Å². The highest BCUT2D eigenvalue weighted by atomic mass is 16.4. The van der Waals surface area contributed by atoms with E-state index < -0.39 is 5.97 Å². The van der Waals surface area contributed by atoms with Crippen LogP contribution in [0.25, 0.3) is 11.0 Å². The van der Waals surface area contributed by atoms with Gasteiger partial charge in [0.05, 0.1) is 16.6 Å². The van der Waals surface area contributed by atoms with Gasteiger partial charge in [-0.15, -0.1) is 0 Å². The summed E-state index contributed by atoms with van der Waals surface area (Å²) in [5.41, 5.74) is 1.27. The Morgan fingerprint density at radius 1 is 1.38 bits per heavy atom. The average Bonchev–Trinajstić information content (AvgIpc) is 2.75. The van der Waals surface area contributed by atoms with Gasteiger partial charge in [0.2, 0.25) is 5.91 Å². The summed E-state index contributed by atoms with van der Waals surface area (Å²) in [7, 11) is 0. The Morgan fingerprint density at radius 2 is 2.10 bits per heavy atom. The molecule has 1 aromatic heterocycles. The second kappa shape index (κ2) is 5.95. The number of hydrogen-bond acceptors (Lipinski definition) is 3. The van der Waals surface area contributed by atoms with E-state index in [1.54, 1.807) is 16.7 Å². The number of carbonyl (C=O) groups excluding carboxylic acids is 1. The number of amides is 1. The Hall–Kier alpha value is -2.37. The third kappa shape index (κ3) is 3.04. The minimum atomic E-state index is -1.02. The molecule has 0 saturated carbocycles. The standard InChI is InChI=1S/C15H19N3O3/c1-4-12-17-11-7-5-6-10(15(20)21)14(11)18(12)8-13(19)16-9(2)3/h5-7,9H,4,8H2,1-3H3,(H,16,19)(H,20,21). The number of fused-ring (bicyclic) bond motifs is 1. The van der Waals surface area contributed by atoms with Crippen LogP contribution in [0.15, 0.2) is 18.2 Å². The maximum Gasteiger partial charge on any atom is 0.337 e. The van der Waals surface area contributed by atoms with Gasteiger partial charge in [0.1, 0.15) is 12.4 Å². The van der Waals surface area contributed by atoms with Gasteiger partial charge in [-0.3, -0.25) is 4.79 Å². The highest BCUT2D eigenvalue weighted by Gasteiger charge is 2.18. The molecule has 0 bridgehead atoms. The zero-order valence-corrected chi connectivity index (χ0v) is 12.4. The average molecular weight is 289 g/mol. The molecule has 6 nitrogen and oxygen atoms in total. The van der Waals surface area contributed by atoms with Crippen molar-refractivity contribution < 1.29 is 14.7 Å². The molecule has 0 atom stereocenters. The Labute approximate surface area is 122 Å². The zero-order chi connectivity index (χ0) is 15.6. The van der Waals surface area contributed by atoms with Crippen molar-refractivity contribution in [1.82, 2.24) is 14.9 Å². The summed E-state index contributed by atoms with van der Waals surface area (Å²) in [6, 6.07) is 4.99. The van der Waals surface area contributed by atoms with Gasteiger partial charge in [-0.25, -0.2) is 9.78 Å². The van der Waals surface area contributed by atoms with Crippen LogP contribution in [0.5, 0.6) is 0 Å². The molecule has 0 radical (unpaired) electrons. The van der Waals surface area contributed by atoms with Crippen molar-refractivity contribution in [2.75, 3.05) is 0 Å². The predicted octanol–water partition coefficient (Wildman–Crippen LogP) is 1.82. The first-order valence-corrected chi connectivity index (χ1v) is 6.94. The minimum absolute atomic E-state index is 0.0382. The van der Waals surface area contributed by atoms with Crippen LogP contribution in [0, 0.1) is 0 Å². The number of hydrogen-bond donors (Lipinski definition) is 2. The van der Waals surface area contributed by atoms with Gasteiger partial charge in [0.25, 0.3) is 0 Å². The number of rotatable bonds is 5. The summed E-state index contributed by atoms with van der Waals surface area (Å²) < 4.78 is 1.69. The molecular weight excluding hydrogens is 270 g/mol. The van der Waals surface area contributed by atoms with Crippen molar-refractivity contribution in [1.29, 1.82) is 0 Å². The van der Waals surface area contributed by atoms with Crippen LogP contribution >= 0.6 is 0 Å². The molecule has 2 aromatic rings. The third-order valence-electron chi connectivity index (χ3n) is 3.14. The molecule has 1 heterocycles. The van der Waals surface area contributed by atoms with E-state index >= 15 is 0 Å². The first kappa shape index (κ1) is 15.0. The summed E-state index contributed by atoms with van der Waals surface area (Å²) in [5, 5.41) is 12.1. The lowest BCUT2D eigenvalue weighted by molar-refractivity contribution is -0.122. The zero-order valence-electron chi connectivity index (χ0n) is 12.4. The van der Waals surface area contributed by atoms with Gasteiger partial charge in [0.15, 0.2) is 0 Å². The number of aromatic nitrogens is 2. The Balaban J connectivity index is 2.54. The maximum atomic E-state index is 12.0. The minimum Gasteiger partial charge on any atom is -0.478 e. The fourth-order valence-corrected chi connectivity index (χ4v) is 2.36. The van der Waals surface area contributed by atoms with Crippen molar-refractivity contribution in [2.24, 2.45) is 0 Å². The third-order valence-corrected chi connectivity index (χ3v) is 3.14. The molecular formula is C15H19N3O3. The van der Waals surface area contributed by atoms with Crippen molar-refractivity contribution in [3.63, 3.8) is 0 Å². The molecule has 0 aliphatic rings. The normalized spacial score (nSPS) is 11.0. The smallest absolute Gasteiger partial charge is 0.337 e. The first-order valence-electron chi connectivity index (χ1n) is 6.94. The highest BCUT2D eigenvalue weighted by Crippen LogP contribution is 2.21. The molecule has 0 spiro atoms. The van der Waals surface area contributed by atoms with Gasteiger partial charge >= 0.3 is 5.97 Å². The molecule has 21 heavy (non-hydrogen) atoms. The number of aromatic carboxylic acids is 1. The predicted molar refractivity (Wildman–Crippen MR) is 79.3 cm³/mol. The number of nitrogens with one attached hydrogen (secondary N) is 1. The Kier molecular flexibility index (Phi) is 4.26. The number of imidazole rings is 1. The molecule has 6 heteroatoms. The number of carbonyl (C=O) groups is 2. The van der Waals surface area contributed by atoms with Gasteiger partial charge in [-0.05, 0) is 26.0 Å². The quantitative estimate of drug-likeness (QED) is 0.879. The van der Waals surface area contributed by atoms with E-state index in [0.717, 1.165) is 0 Å². The number of aryl methyl sites for hydroxylation is 1. The fraction of sp³-hybridized carbons (Fsp3) is 0.400. The molecule has 112 valence electrons. The second-order valence-corrected chi connectivity index (χ2v) is 5.17. The molecule has 1 aromatic carbocycles. The van der Waals surface area contributed by atoms with Crippen molar-refractivity contribution >= 4 is 22.9 Å². The van der Waals surface area contributed by atoms with E-state index in [1.165, 1.54) is 6.07 Å². The van der Waals surface area contributed by atoms with Crippen LogP contribution in [-0.2, 0) is 17.8 Å². The van der Waals surface area contributed by atoms with E-state index in [0.29, 0.717) is 23.3 Å². The number of benzene rings is 1. The van der Waals surface area contributed by atoms with Gasteiger partial charge in [0, 0.05) is 12.5 Å². The molecule has 0 fully saturated rings. The van der Waals surface area contributed by atoms with Gasteiger partial charge < -0.3 is 15.0 Å². The summed E-state index contributed by atoms with van der Waals surface area (Å²) in [5.74, 6) is -0.467. The second-order valence-electron chi connectivity index (χ2n) is 5.17. The van der Waals surface area contributed by atoms with Crippen molar-refractivity contribution in [2.45, 2.75) is 39.8 Å². The van der Waals surface area contributed by atoms with Crippen LogP contribution in [-0.4, -0.2) is 32.6 Å². The van der Waals surface area contributed by atoms with E-state index in [4.69, 9.17) is 0 Å². The summed E-state index contributed by atoms with van der Waals surface area (Å²) >= 11 is 0. The molecule has 0 saturated heterocycles. The van der Waals surface area contributed by atoms with Crippen LogP contribution in [0.4, 0.5) is 0 Å². The summed E-state index contributed by atoms with van der Waals surface area (Å²) in [6.45, 7) is 5.77. The monoisotopic (exact) mass is 289 g/mol.